The standard InChI is InChI=1S/C14H18O5/c1-3-8-19-11-6-4-10(5-7-11)14(2,13(17)18)9-12(15)16/h4-7H,3,8-9H2,1-2H3,(H,15,16)(H,17,18)/p-2/t14-/m1/s1. The second-order valence-corrected chi connectivity index (χ2v) is 4.54. The number of hydrogen-bond donors (Lipinski definition) is 0. The number of rotatable bonds is 7. The summed E-state index contributed by atoms with van der Waals surface area (Å²) >= 11 is 0. The van der Waals surface area contributed by atoms with Crippen molar-refractivity contribution >= 4 is 11.9 Å². The monoisotopic (exact) mass is 264 g/mol. The van der Waals surface area contributed by atoms with E-state index in [1.165, 1.54) is 19.1 Å². The highest BCUT2D eigenvalue weighted by Gasteiger charge is 2.28. The fourth-order valence-electron chi connectivity index (χ4n) is 1.72. The molecule has 5 nitrogen and oxygen atoms in total. The fourth-order valence-corrected chi connectivity index (χ4v) is 1.72. The van der Waals surface area contributed by atoms with Crippen LogP contribution in [0, 0.1) is 0 Å². The van der Waals surface area contributed by atoms with Crippen molar-refractivity contribution in [3.63, 3.8) is 0 Å². The summed E-state index contributed by atoms with van der Waals surface area (Å²) in [6, 6.07) is 6.29. The lowest BCUT2D eigenvalue weighted by Crippen LogP contribution is -2.47. The molecule has 0 aliphatic carbocycles. The lowest BCUT2D eigenvalue weighted by atomic mass is 9.79. The molecule has 104 valence electrons. The van der Waals surface area contributed by atoms with Crippen LogP contribution in [-0.4, -0.2) is 18.5 Å². The van der Waals surface area contributed by atoms with Gasteiger partial charge >= 0.3 is 0 Å². The second kappa shape index (κ2) is 6.22. The van der Waals surface area contributed by atoms with Gasteiger partial charge in [-0.3, -0.25) is 0 Å². The lowest BCUT2D eigenvalue weighted by Gasteiger charge is -2.31. The maximum Gasteiger partial charge on any atom is 0.119 e. The summed E-state index contributed by atoms with van der Waals surface area (Å²) in [5.74, 6) is -2.27. The minimum atomic E-state index is -1.61. The van der Waals surface area contributed by atoms with Crippen molar-refractivity contribution in [3.05, 3.63) is 29.8 Å². The van der Waals surface area contributed by atoms with E-state index in [4.69, 9.17) is 4.74 Å². The van der Waals surface area contributed by atoms with Crippen molar-refractivity contribution in [1.29, 1.82) is 0 Å². The van der Waals surface area contributed by atoms with E-state index in [9.17, 15) is 19.8 Å². The molecular weight excluding hydrogens is 248 g/mol. The number of benzene rings is 1. The zero-order valence-electron chi connectivity index (χ0n) is 11.0. The Bertz CT molecular complexity index is 451. The molecule has 0 unspecified atom stereocenters. The predicted octanol–water partition coefficient (Wildman–Crippen LogP) is -0.377. The summed E-state index contributed by atoms with van der Waals surface area (Å²) < 4.78 is 5.37. The summed E-state index contributed by atoms with van der Waals surface area (Å²) in [6.45, 7) is 3.84. The van der Waals surface area contributed by atoms with Crippen LogP contribution in [0.25, 0.3) is 0 Å². The predicted molar refractivity (Wildman–Crippen MR) is 64.2 cm³/mol. The van der Waals surface area contributed by atoms with Crippen LogP contribution >= 0.6 is 0 Å². The van der Waals surface area contributed by atoms with Crippen LogP contribution in [0.1, 0.15) is 32.3 Å². The summed E-state index contributed by atoms with van der Waals surface area (Å²) in [5, 5.41) is 21.9. The van der Waals surface area contributed by atoms with E-state index in [0.717, 1.165) is 6.42 Å². The quantitative estimate of drug-likeness (QED) is 0.670. The molecule has 1 aromatic carbocycles. The van der Waals surface area contributed by atoms with Crippen LogP contribution in [0.15, 0.2) is 24.3 Å². The number of hydrogen-bond acceptors (Lipinski definition) is 5. The highest BCUT2D eigenvalue weighted by atomic mass is 16.5. The summed E-state index contributed by atoms with van der Waals surface area (Å²) in [4.78, 5) is 21.9. The molecule has 0 fully saturated rings. The Balaban J connectivity index is 2.98. The molecule has 0 saturated heterocycles. The summed E-state index contributed by atoms with van der Waals surface area (Å²) in [7, 11) is 0. The van der Waals surface area contributed by atoms with Gasteiger partial charge in [-0.1, -0.05) is 19.1 Å². The van der Waals surface area contributed by atoms with Gasteiger partial charge in [0.25, 0.3) is 0 Å². The molecule has 0 heterocycles. The van der Waals surface area contributed by atoms with Crippen LogP contribution in [0.4, 0.5) is 0 Å². The summed E-state index contributed by atoms with van der Waals surface area (Å²) in [6.07, 6.45) is 0.230. The Morgan fingerprint density at radius 1 is 1.21 bits per heavy atom. The molecule has 0 aliphatic rings. The Morgan fingerprint density at radius 2 is 1.79 bits per heavy atom. The Labute approximate surface area is 111 Å². The Morgan fingerprint density at radius 3 is 2.21 bits per heavy atom. The molecule has 19 heavy (non-hydrogen) atoms. The van der Waals surface area contributed by atoms with Gasteiger partial charge in [0.05, 0.1) is 12.6 Å². The molecule has 0 N–H and O–H groups in total. The third-order valence-electron chi connectivity index (χ3n) is 2.91. The smallest absolute Gasteiger partial charge is 0.119 e. The van der Waals surface area contributed by atoms with Gasteiger partial charge in [0.2, 0.25) is 0 Å². The molecule has 0 aromatic heterocycles. The van der Waals surface area contributed by atoms with E-state index in [1.54, 1.807) is 12.1 Å². The van der Waals surface area contributed by atoms with Crippen LogP contribution in [0.3, 0.4) is 0 Å². The molecule has 0 aliphatic heterocycles. The third-order valence-corrected chi connectivity index (χ3v) is 2.91. The largest absolute Gasteiger partial charge is 0.550 e. The molecule has 1 aromatic rings. The van der Waals surface area contributed by atoms with E-state index >= 15 is 0 Å². The van der Waals surface area contributed by atoms with Crippen molar-refractivity contribution in [1.82, 2.24) is 0 Å². The number of carbonyl (C=O) groups is 2. The lowest BCUT2D eigenvalue weighted by molar-refractivity contribution is -0.322. The number of ether oxygens (including phenoxy) is 1. The summed E-state index contributed by atoms with van der Waals surface area (Å²) in [5.41, 5.74) is -1.26. The number of carboxylic acid groups (broad SMARTS) is 2. The molecule has 0 spiro atoms. The van der Waals surface area contributed by atoms with E-state index < -0.39 is 23.8 Å². The van der Waals surface area contributed by atoms with E-state index in [1.807, 2.05) is 6.92 Å². The average molecular weight is 264 g/mol. The average Bonchev–Trinajstić information content (AvgIpc) is 2.35. The number of aliphatic carboxylic acids is 2. The maximum absolute atomic E-state index is 11.2. The van der Waals surface area contributed by atoms with Crippen molar-refractivity contribution in [3.8, 4) is 5.75 Å². The Kier molecular flexibility index (Phi) is 4.92. The molecule has 0 amide bonds. The first kappa shape index (κ1) is 15.0. The normalized spacial score (nSPS) is 13.6. The third kappa shape index (κ3) is 3.71. The van der Waals surface area contributed by atoms with Gasteiger partial charge in [-0.25, -0.2) is 0 Å². The van der Waals surface area contributed by atoms with E-state index in [-0.39, 0.29) is 0 Å². The Hall–Kier alpha value is -2.04. The topological polar surface area (TPSA) is 89.5 Å². The van der Waals surface area contributed by atoms with Gasteiger partial charge in [0, 0.05) is 17.8 Å². The highest BCUT2D eigenvalue weighted by molar-refractivity contribution is 5.84. The molecular formula is C14H16O5-2. The fraction of sp³-hybridized carbons (Fsp3) is 0.429. The second-order valence-electron chi connectivity index (χ2n) is 4.54. The van der Waals surface area contributed by atoms with E-state index in [0.29, 0.717) is 17.9 Å². The number of carboxylic acids is 2. The van der Waals surface area contributed by atoms with Gasteiger partial charge < -0.3 is 24.5 Å². The molecule has 5 heteroatoms. The van der Waals surface area contributed by atoms with Crippen molar-refractivity contribution < 1.29 is 24.5 Å². The SMILES string of the molecule is CCCOc1ccc([C@@](C)(CC(=O)[O-])C(=O)[O-])cc1. The van der Waals surface area contributed by atoms with Gasteiger partial charge in [0.15, 0.2) is 0 Å². The minimum Gasteiger partial charge on any atom is -0.550 e. The van der Waals surface area contributed by atoms with Crippen molar-refractivity contribution in [2.24, 2.45) is 0 Å². The first-order valence-corrected chi connectivity index (χ1v) is 6.04. The van der Waals surface area contributed by atoms with Gasteiger partial charge in [-0.05, 0) is 31.0 Å². The molecule has 1 atom stereocenters. The van der Waals surface area contributed by atoms with Crippen LogP contribution in [0.2, 0.25) is 0 Å². The molecule has 0 radical (unpaired) electrons. The minimum absolute atomic E-state index is 0.348. The highest BCUT2D eigenvalue weighted by Crippen LogP contribution is 2.28. The van der Waals surface area contributed by atoms with Crippen LogP contribution in [0.5, 0.6) is 5.75 Å². The zero-order chi connectivity index (χ0) is 14.5. The van der Waals surface area contributed by atoms with Crippen LogP contribution < -0.4 is 14.9 Å². The number of carbonyl (C=O) groups excluding carboxylic acids is 2. The van der Waals surface area contributed by atoms with Crippen molar-refractivity contribution in [2.75, 3.05) is 6.61 Å². The first-order chi connectivity index (χ1) is 8.90. The van der Waals surface area contributed by atoms with Gasteiger partial charge in [-0.2, -0.15) is 0 Å². The molecule has 0 bridgehead atoms. The van der Waals surface area contributed by atoms with Gasteiger partial charge in [-0.15, -0.1) is 0 Å². The van der Waals surface area contributed by atoms with E-state index in [2.05, 4.69) is 0 Å². The van der Waals surface area contributed by atoms with Crippen LogP contribution in [-0.2, 0) is 15.0 Å². The van der Waals surface area contributed by atoms with Crippen molar-refractivity contribution in [2.45, 2.75) is 32.1 Å². The zero-order valence-corrected chi connectivity index (χ0v) is 11.0. The van der Waals surface area contributed by atoms with Gasteiger partial charge in [0.1, 0.15) is 5.75 Å². The molecule has 1 rings (SSSR count). The maximum atomic E-state index is 11.2. The first-order valence-electron chi connectivity index (χ1n) is 6.04. The molecule has 0 saturated carbocycles.